The minimum Gasteiger partial charge on any atom is -0.489 e. The molecule has 0 fully saturated rings. The van der Waals surface area contributed by atoms with Gasteiger partial charge in [0.25, 0.3) is 0 Å². The minimum absolute atomic E-state index is 0.0204. The Morgan fingerprint density at radius 2 is 1.89 bits per heavy atom. The molecule has 0 aliphatic carbocycles. The molecule has 0 saturated heterocycles. The number of benzene rings is 2. The predicted molar refractivity (Wildman–Crippen MR) is 72.0 cm³/mol. The maximum absolute atomic E-state index is 13.0. The van der Waals surface area contributed by atoms with Gasteiger partial charge in [0.1, 0.15) is 18.2 Å². The van der Waals surface area contributed by atoms with Gasteiger partial charge < -0.3 is 14.8 Å². The van der Waals surface area contributed by atoms with Gasteiger partial charge >= 0.3 is 7.12 Å². The summed E-state index contributed by atoms with van der Waals surface area (Å²) in [5.74, 6) is -0.103. The van der Waals surface area contributed by atoms with Gasteiger partial charge in [0.15, 0.2) is 0 Å². The molecule has 6 heteroatoms. The number of halogens is 2. The molecule has 2 aromatic rings. The Morgan fingerprint density at radius 3 is 2.58 bits per heavy atom. The fourth-order valence-corrected chi connectivity index (χ4v) is 1.82. The van der Waals surface area contributed by atoms with E-state index in [1.54, 1.807) is 24.3 Å². The molecule has 2 N–H and O–H groups in total. The van der Waals surface area contributed by atoms with Crippen LogP contribution in [0.15, 0.2) is 42.5 Å². The van der Waals surface area contributed by atoms with Gasteiger partial charge in [-0.1, -0.05) is 35.9 Å². The van der Waals surface area contributed by atoms with Crippen molar-refractivity contribution in [1.29, 1.82) is 0 Å². The number of ether oxygens (including phenoxy) is 1. The van der Waals surface area contributed by atoms with Crippen LogP contribution < -0.4 is 10.2 Å². The summed E-state index contributed by atoms with van der Waals surface area (Å²) in [5, 5.41) is 18.4. The van der Waals surface area contributed by atoms with Crippen LogP contribution in [0.25, 0.3) is 0 Å². The van der Waals surface area contributed by atoms with Gasteiger partial charge in [-0.15, -0.1) is 0 Å². The molecule has 0 radical (unpaired) electrons. The summed E-state index contributed by atoms with van der Waals surface area (Å²) < 4.78 is 18.4. The standard InChI is InChI=1S/C13H11BClFO3/c15-12-7-10(5-6-13(12)16)19-8-9-3-1-2-4-11(9)14(17)18/h1-7,17-18H,8H2. The summed E-state index contributed by atoms with van der Waals surface area (Å²) >= 11 is 5.64. The first-order valence-corrected chi connectivity index (χ1v) is 5.97. The highest BCUT2D eigenvalue weighted by Crippen LogP contribution is 2.21. The van der Waals surface area contributed by atoms with Gasteiger partial charge in [0.2, 0.25) is 0 Å². The van der Waals surface area contributed by atoms with Crippen molar-refractivity contribution < 1.29 is 19.2 Å². The Hall–Kier alpha value is -1.56. The van der Waals surface area contributed by atoms with Crippen LogP contribution in [0.2, 0.25) is 5.02 Å². The topological polar surface area (TPSA) is 49.7 Å². The lowest BCUT2D eigenvalue weighted by atomic mass is 9.77. The number of hydrogen-bond donors (Lipinski definition) is 2. The molecule has 0 spiro atoms. The highest BCUT2D eigenvalue weighted by Gasteiger charge is 2.15. The van der Waals surface area contributed by atoms with Gasteiger partial charge in [0.05, 0.1) is 5.02 Å². The van der Waals surface area contributed by atoms with E-state index >= 15 is 0 Å². The zero-order valence-corrected chi connectivity index (χ0v) is 10.6. The molecule has 0 bridgehead atoms. The molecule has 0 unspecified atom stereocenters. The van der Waals surface area contributed by atoms with Crippen molar-refractivity contribution in [3.05, 3.63) is 58.9 Å². The van der Waals surface area contributed by atoms with Crippen molar-refractivity contribution >= 4 is 24.2 Å². The second kappa shape index (κ2) is 6.06. The van der Waals surface area contributed by atoms with E-state index in [2.05, 4.69) is 0 Å². The quantitative estimate of drug-likeness (QED) is 0.839. The van der Waals surface area contributed by atoms with Crippen LogP contribution in [0.5, 0.6) is 5.75 Å². The van der Waals surface area contributed by atoms with Crippen molar-refractivity contribution in [2.24, 2.45) is 0 Å². The molecule has 98 valence electrons. The van der Waals surface area contributed by atoms with Gasteiger partial charge in [-0.05, 0) is 23.2 Å². The van der Waals surface area contributed by atoms with Crippen LogP contribution in [0.4, 0.5) is 4.39 Å². The average Bonchev–Trinajstić information content (AvgIpc) is 2.40. The highest BCUT2D eigenvalue weighted by molar-refractivity contribution is 6.59. The maximum atomic E-state index is 13.0. The van der Waals surface area contributed by atoms with Crippen LogP contribution in [0.3, 0.4) is 0 Å². The third-order valence-electron chi connectivity index (χ3n) is 2.62. The van der Waals surface area contributed by atoms with Crippen LogP contribution in [-0.2, 0) is 6.61 Å². The van der Waals surface area contributed by atoms with Crippen molar-refractivity contribution in [2.75, 3.05) is 0 Å². The maximum Gasteiger partial charge on any atom is 0.488 e. The Kier molecular flexibility index (Phi) is 4.42. The predicted octanol–water partition coefficient (Wildman–Crippen LogP) is 1.74. The third-order valence-corrected chi connectivity index (χ3v) is 2.91. The van der Waals surface area contributed by atoms with E-state index < -0.39 is 12.9 Å². The van der Waals surface area contributed by atoms with Crippen LogP contribution >= 0.6 is 11.6 Å². The zero-order chi connectivity index (χ0) is 13.8. The molecular formula is C13H11BClFO3. The van der Waals surface area contributed by atoms with Gasteiger partial charge in [0, 0.05) is 6.07 Å². The molecule has 2 aromatic carbocycles. The monoisotopic (exact) mass is 280 g/mol. The van der Waals surface area contributed by atoms with Crippen LogP contribution in [0, 0.1) is 5.82 Å². The SMILES string of the molecule is OB(O)c1ccccc1COc1ccc(F)c(Cl)c1. The molecule has 0 amide bonds. The lowest BCUT2D eigenvalue weighted by Crippen LogP contribution is -2.33. The molecular weight excluding hydrogens is 269 g/mol. The van der Waals surface area contributed by atoms with E-state index in [1.165, 1.54) is 18.2 Å². The van der Waals surface area contributed by atoms with Gasteiger partial charge in [-0.2, -0.15) is 0 Å². The number of rotatable bonds is 4. The van der Waals surface area contributed by atoms with E-state index in [0.717, 1.165) is 0 Å². The first-order valence-electron chi connectivity index (χ1n) is 5.59. The summed E-state index contributed by atoms with van der Waals surface area (Å²) in [7, 11) is -1.56. The molecule has 0 aromatic heterocycles. The normalized spacial score (nSPS) is 10.3. The second-order valence-electron chi connectivity index (χ2n) is 3.94. The first-order chi connectivity index (χ1) is 9.08. The summed E-state index contributed by atoms with van der Waals surface area (Å²) in [6.45, 7) is 0.135. The average molecular weight is 280 g/mol. The molecule has 0 aliphatic rings. The molecule has 19 heavy (non-hydrogen) atoms. The first kappa shape index (κ1) is 13.9. The summed E-state index contributed by atoms with van der Waals surface area (Å²) in [6, 6.07) is 10.8. The summed E-state index contributed by atoms with van der Waals surface area (Å²) in [5.41, 5.74) is 1.01. The smallest absolute Gasteiger partial charge is 0.488 e. The van der Waals surface area contributed by atoms with E-state index in [-0.39, 0.29) is 11.6 Å². The molecule has 0 heterocycles. The van der Waals surface area contributed by atoms with Crippen molar-refractivity contribution in [3.8, 4) is 5.75 Å². The van der Waals surface area contributed by atoms with E-state index in [0.29, 0.717) is 16.8 Å². The lowest BCUT2D eigenvalue weighted by Gasteiger charge is -2.10. The fraction of sp³-hybridized carbons (Fsp3) is 0.0769. The fourth-order valence-electron chi connectivity index (χ4n) is 1.65. The zero-order valence-electron chi connectivity index (χ0n) is 9.88. The molecule has 2 rings (SSSR count). The Balaban J connectivity index is 2.12. The minimum atomic E-state index is -1.56. The van der Waals surface area contributed by atoms with Crippen LogP contribution in [-0.4, -0.2) is 17.2 Å². The second-order valence-corrected chi connectivity index (χ2v) is 4.34. The Morgan fingerprint density at radius 1 is 1.16 bits per heavy atom. The van der Waals surface area contributed by atoms with Crippen molar-refractivity contribution in [2.45, 2.75) is 6.61 Å². The van der Waals surface area contributed by atoms with Gasteiger partial charge in [-0.3, -0.25) is 0 Å². The van der Waals surface area contributed by atoms with Crippen molar-refractivity contribution in [1.82, 2.24) is 0 Å². The van der Waals surface area contributed by atoms with Crippen molar-refractivity contribution in [3.63, 3.8) is 0 Å². The molecule has 0 saturated carbocycles. The largest absolute Gasteiger partial charge is 0.489 e. The van der Waals surface area contributed by atoms with Crippen LogP contribution in [0.1, 0.15) is 5.56 Å². The Labute approximate surface area is 115 Å². The molecule has 0 aliphatic heterocycles. The van der Waals surface area contributed by atoms with E-state index in [1.807, 2.05) is 0 Å². The number of hydrogen-bond acceptors (Lipinski definition) is 3. The highest BCUT2D eigenvalue weighted by atomic mass is 35.5. The molecule has 0 atom stereocenters. The lowest BCUT2D eigenvalue weighted by molar-refractivity contribution is 0.306. The van der Waals surface area contributed by atoms with Gasteiger partial charge in [-0.25, -0.2) is 4.39 Å². The van der Waals surface area contributed by atoms with E-state index in [9.17, 15) is 14.4 Å². The summed E-state index contributed by atoms with van der Waals surface area (Å²) in [6.07, 6.45) is 0. The Bertz CT molecular complexity index is 578. The summed E-state index contributed by atoms with van der Waals surface area (Å²) in [4.78, 5) is 0. The van der Waals surface area contributed by atoms with E-state index in [4.69, 9.17) is 16.3 Å². The third kappa shape index (κ3) is 3.47. The molecule has 3 nitrogen and oxygen atoms in total.